The highest BCUT2D eigenvalue weighted by molar-refractivity contribution is 7.18. The fourth-order valence-electron chi connectivity index (χ4n) is 2.64. The minimum atomic E-state index is -0.268. The zero-order chi connectivity index (χ0) is 18.6. The van der Waals surface area contributed by atoms with Crippen molar-refractivity contribution in [2.24, 2.45) is 0 Å². The summed E-state index contributed by atoms with van der Waals surface area (Å²) >= 11 is 1.56. The summed E-state index contributed by atoms with van der Waals surface area (Å²) in [4.78, 5) is 28.6. The smallest absolute Gasteiger partial charge is 0.251 e. The maximum atomic E-state index is 12.1. The average molecular weight is 381 g/mol. The quantitative estimate of drug-likeness (QED) is 0.658. The number of rotatable bonds is 7. The number of fused-ring (bicyclic) bond motifs is 1. The van der Waals surface area contributed by atoms with Gasteiger partial charge in [-0.2, -0.15) is 0 Å². The van der Waals surface area contributed by atoms with E-state index in [-0.39, 0.29) is 25.0 Å². The molecule has 1 fully saturated rings. The lowest BCUT2D eigenvalue weighted by atomic mass is 10.2. The normalized spacial score (nSPS) is 13.5. The molecule has 1 aliphatic rings. The van der Waals surface area contributed by atoms with Crippen LogP contribution in [0.5, 0.6) is 0 Å². The van der Waals surface area contributed by atoms with Crippen molar-refractivity contribution >= 4 is 39.1 Å². The Morgan fingerprint density at radius 1 is 1.15 bits per heavy atom. The maximum absolute atomic E-state index is 12.1. The van der Waals surface area contributed by atoms with Crippen molar-refractivity contribution in [2.75, 3.05) is 11.9 Å². The number of carbonyl (C=O) groups excluding carboxylic acids is 2. The molecule has 0 bridgehead atoms. The van der Waals surface area contributed by atoms with Crippen LogP contribution < -0.4 is 10.6 Å². The van der Waals surface area contributed by atoms with E-state index in [9.17, 15) is 9.59 Å². The van der Waals surface area contributed by atoms with Crippen LogP contribution >= 0.6 is 11.3 Å². The number of aromatic nitrogens is 1. The summed E-state index contributed by atoms with van der Waals surface area (Å²) in [6.07, 6.45) is 2.07. The predicted octanol–water partition coefficient (Wildman–Crippen LogP) is 3.34. The Morgan fingerprint density at radius 2 is 2.00 bits per heavy atom. The summed E-state index contributed by atoms with van der Waals surface area (Å²) in [5.41, 5.74) is 2.05. The first-order valence-corrected chi connectivity index (χ1v) is 9.62. The first-order chi connectivity index (χ1) is 13.2. The van der Waals surface area contributed by atoms with Gasteiger partial charge in [-0.15, -0.1) is 11.3 Å². The third kappa shape index (κ3) is 4.69. The number of ether oxygens (including phenoxy) is 1. The number of para-hydroxylation sites is 1. The van der Waals surface area contributed by atoms with Crippen LogP contribution in [0.3, 0.4) is 0 Å². The molecule has 138 valence electrons. The summed E-state index contributed by atoms with van der Waals surface area (Å²) in [5.74, 6) is -0.378. The van der Waals surface area contributed by atoms with E-state index in [1.54, 1.807) is 35.6 Å². The number of anilines is 1. The van der Waals surface area contributed by atoms with Crippen LogP contribution in [0.1, 0.15) is 28.2 Å². The van der Waals surface area contributed by atoms with Gasteiger partial charge in [0.1, 0.15) is 11.6 Å². The van der Waals surface area contributed by atoms with Crippen LogP contribution in [0, 0.1) is 0 Å². The molecule has 0 unspecified atom stereocenters. The van der Waals surface area contributed by atoms with E-state index in [2.05, 4.69) is 15.6 Å². The molecule has 0 radical (unpaired) electrons. The first-order valence-electron chi connectivity index (χ1n) is 8.80. The van der Waals surface area contributed by atoms with Crippen molar-refractivity contribution in [3.8, 4) is 0 Å². The van der Waals surface area contributed by atoms with E-state index in [1.807, 2.05) is 24.3 Å². The number of hydrogen-bond donors (Lipinski definition) is 2. The van der Waals surface area contributed by atoms with Gasteiger partial charge in [0.05, 0.1) is 16.8 Å². The number of nitrogens with one attached hydrogen (secondary N) is 2. The zero-order valence-corrected chi connectivity index (χ0v) is 15.4. The first kappa shape index (κ1) is 17.6. The Hall–Kier alpha value is -2.77. The Kier molecular flexibility index (Phi) is 5.13. The van der Waals surface area contributed by atoms with Crippen LogP contribution in [0.15, 0.2) is 48.5 Å². The molecule has 0 spiro atoms. The molecule has 0 atom stereocenters. The second-order valence-electron chi connectivity index (χ2n) is 6.44. The summed E-state index contributed by atoms with van der Waals surface area (Å²) in [5, 5.41) is 6.53. The van der Waals surface area contributed by atoms with Crippen molar-refractivity contribution < 1.29 is 14.3 Å². The summed E-state index contributed by atoms with van der Waals surface area (Å²) in [6.45, 7) is 0.213. The number of nitrogens with zero attached hydrogens (tertiary/aromatic N) is 1. The zero-order valence-electron chi connectivity index (χ0n) is 14.6. The SMILES string of the molecule is O=C(COCc1nc2ccccc2s1)Nc1cccc(C(=O)NC2CC2)c1. The number of thiazole rings is 1. The second-order valence-corrected chi connectivity index (χ2v) is 7.56. The predicted molar refractivity (Wildman–Crippen MR) is 105 cm³/mol. The fraction of sp³-hybridized carbons (Fsp3) is 0.250. The molecule has 27 heavy (non-hydrogen) atoms. The molecule has 0 aliphatic heterocycles. The van der Waals surface area contributed by atoms with E-state index in [4.69, 9.17) is 4.74 Å². The summed E-state index contributed by atoms with van der Waals surface area (Å²) in [6, 6.07) is 15.1. The van der Waals surface area contributed by atoms with Gasteiger partial charge in [0.2, 0.25) is 5.91 Å². The van der Waals surface area contributed by atoms with Gasteiger partial charge in [-0.25, -0.2) is 4.98 Å². The number of carbonyl (C=O) groups is 2. The minimum Gasteiger partial charge on any atom is -0.364 e. The Bertz CT molecular complexity index is 948. The van der Waals surface area contributed by atoms with Gasteiger partial charge in [0, 0.05) is 17.3 Å². The molecule has 4 rings (SSSR count). The van der Waals surface area contributed by atoms with Crippen LogP contribution in [0.2, 0.25) is 0 Å². The Morgan fingerprint density at radius 3 is 2.81 bits per heavy atom. The topological polar surface area (TPSA) is 80.3 Å². The fourth-order valence-corrected chi connectivity index (χ4v) is 3.55. The maximum Gasteiger partial charge on any atom is 0.251 e. The van der Waals surface area contributed by atoms with Gasteiger partial charge in [0.25, 0.3) is 5.91 Å². The van der Waals surface area contributed by atoms with Crippen molar-refractivity contribution in [2.45, 2.75) is 25.5 Å². The van der Waals surface area contributed by atoms with Crippen LogP contribution in [0.4, 0.5) is 5.69 Å². The molecule has 0 saturated heterocycles. The largest absolute Gasteiger partial charge is 0.364 e. The molecule has 2 aromatic carbocycles. The molecule has 2 N–H and O–H groups in total. The van der Waals surface area contributed by atoms with Crippen LogP contribution in [0.25, 0.3) is 10.2 Å². The van der Waals surface area contributed by atoms with E-state index < -0.39 is 0 Å². The summed E-state index contributed by atoms with van der Waals surface area (Å²) < 4.78 is 6.58. The second kappa shape index (κ2) is 7.85. The average Bonchev–Trinajstić information content (AvgIpc) is 3.38. The van der Waals surface area contributed by atoms with Crippen LogP contribution in [-0.4, -0.2) is 29.4 Å². The van der Waals surface area contributed by atoms with Gasteiger partial charge < -0.3 is 15.4 Å². The number of benzene rings is 2. The van der Waals surface area contributed by atoms with Crippen LogP contribution in [-0.2, 0) is 16.1 Å². The van der Waals surface area contributed by atoms with Gasteiger partial charge in [-0.1, -0.05) is 18.2 Å². The highest BCUT2D eigenvalue weighted by Gasteiger charge is 2.23. The minimum absolute atomic E-state index is 0.0750. The van der Waals surface area contributed by atoms with E-state index in [0.717, 1.165) is 28.1 Å². The van der Waals surface area contributed by atoms with Crippen molar-refractivity contribution in [1.82, 2.24) is 10.3 Å². The van der Waals surface area contributed by atoms with Gasteiger partial charge >= 0.3 is 0 Å². The van der Waals surface area contributed by atoms with E-state index in [1.165, 1.54) is 0 Å². The molecular formula is C20H19N3O3S. The van der Waals surface area contributed by atoms with Gasteiger partial charge in [0.15, 0.2) is 0 Å². The van der Waals surface area contributed by atoms with Gasteiger partial charge in [-0.3, -0.25) is 9.59 Å². The standard InChI is InChI=1S/C20H19N3O3S/c24-18(11-26-12-19-23-16-6-1-2-7-17(16)27-19)21-15-5-3-4-13(10-15)20(25)22-14-8-9-14/h1-7,10,14H,8-9,11-12H2,(H,21,24)(H,22,25). The van der Waals surface area contributed by atoms with Crippen molar-refractivity contribution in [3.63, 3.8) is 0 Å². The highest BCUT2D eigenvalue weighted by atomic mass is 32.1. The molecule has 2 amide bonds. The lowest BCUT2D eigenvalue weighted by Crippen LogP contribution is -2.25. The molecule has 1 aliphatic carbocycles. The number of hydrogen-bond acceptors (Lipinski definition) is 5. The molecule has 6 nitrogen and oxygen atoms in total. The summed E-state index contributed by atoms with van der Waals surface area (Å²) in [7, 11) is 0. The molecule has 1 aromatic heterocycles. The molecule has 1 saturated carbocycles. The van der Waals surface area contributed by atoms with Gasteiger partial charge in [-0.05, 0) is 43.2 Å². The molecule has 1 heterocycles. The third-order valence-corrected chi connectivity index (χ3v) is 5.13. The third-order valence-electron chi connectivity index (χ3n) is 4.12. The number of amides is 2. The van der Waals surface area contributed by atoms with E-state index in [0.29, 0.717) is 17.3 Å². The van der Waals surface area contributed by atoms with Crippen molar-refractivity contribution in [3.05, 3.63) is 59.1 Å². The van der Waals surface area contributed by atoms with Crippen molar-refractivity contribution in [1.29, 1.82) is 0 Å². The molecular weight excluding hydrogens is 362 g/mol. The highest BCUT2D eigenvalue weighted by Crippen LogP contribution is 2.22. The lowest BCUT2D eigenvalue weighted by Gasteiger charge is -2.08. The Balaban J connectivity index is 1.28. The molecule has 7 heteroatoms. The Labute approximate surface area is 160 Å². The van der Waals surface area contributed by atoms with E-state index >= 15 is 0 Å². The molecule has 3 aromatic rings. The monoisotopic (exact) mass is 381 g/mol. The lowest BCUT2D eigenvalue weighted by molar-refractivity contribution is -0.121.